The van der Waals surface area contributed by atoms with Crippen LogP contribution in [-0.4, -0.2) is 13.1 Å². The quantitative estimate of drug-likeness (QED) is 0.745. The predicted octanol–water partition coefficient (Wildman–Crippen LogP) is 3.62. The summed E-state index contributed by atoms with van der Waals surface area (Å²) in [6.45, 7) is 3.34. The van der Waals surface area contributed by atoms with Crippen molar-refractivity contribution < 1.29 is 22.7 Å². The van der Waals surface area contributed by atoms with Gasteiger partial charge < -0.3 is 4.74 Å². The molecule has 0 saturated heterocycles. The molecule has 0 atom stereocenters. The van der Waals surface area contributed by atoms with Gasteiger partial charge in [0, 0.05) is 0 Å². The normalized spacial score (nSPS) is 11.7. The second-order valence-corrected chi connectivity index (χ2v) is 3.95. The number of alkyl halides is 3. The summed E-state index contributed by atoms with van der Waals surface area (Å²) < 4.78 is 42.8. The van der Waals surface area contributed by atoms with Gasteiger partial charge in [0.25, 0.3) is 0 Å². The minimum absolute atomic E-state index is 0.0933. The van der Waals surface area contributed by atoms with Crippen LogP contribution in [0.15, 0.2) is 18.2 Å². The fraction of sp³-hybridized carbons (Fsp3) is 0.417. The van der Waals surface area contributed by atoms with Crippen molar-refractivity contribution in [2.45, 2.75) is 25.9 Å². The van der Waals surface area contributed by atoms with Crippen LogP contribution in [0.4, 0.5) is 13.2 Å². The number of esters is 1. The van der Waals surface area contributed by atoms with Crippen LogP contribution in [0.3, 0.4) is 0 Å². The molecule has 0 amide bonds. The Morgan fingerprint density at radius 1 is 1.29 bits per heavy atom. The van der Waals surface area contributed by atoms with Crippen LogP contribution in [0.5, 0.6) is 0 Å². The van der Waals surface area contributed by atoms with Crippen LogP contribution in [0.2, 0.25) is 0 Å². The van der Waals surface area contributed by atoms with E-state index in [0.717, 1.165) is 13.2 Å². The molecule has 2 nitrogen and oxygen atoms in total. The molecule has 1 aromatic carbocycles. The minimum atomic E-state index is -4.47. The first-order chi connectivity index (χ1) is 7.77. The lowest BCUT2D eigenvalue weighted by Gasteiger charge is -2.16. The Hall–Kier alpha value is -1.52. The first-order valence-electron chi connectivity index (χ1n) is 5.06. The first kappa shape index (κ1) is 13.5. The highest BCUT2D eigenvalue weighted by atomic mass is 19.4. The van der Waals surface area contributed by atoms with Gasteiger partial charge in [0.1, 0.15) is 0 Å². The molecule has 1 rings (SSSR count). The molecule has 0 bridgehead atoms. The van der Waals surface area contributed by atoms with Gasteiger partial charge in [0.15, 0.2) is 0 Å². The predicted molar refractivity (Wildman–Crippen MR) is 56.9 cm³/mol. The van der Waals surface area contributed by atoms with Crippen LogP contribution in [0, 0.1) is 0 Å². The molecule has 0 spiro atoms. The van der Waals surface area contributed by atoms with Crippen LogP contribution in [0.25, 0.3) is 0 Å². The summed E-state index contributed by atoms with van der Waals surface area (Å²) in [5, 5.41) is 0. The van der Waals surface area contributed by atoms with Gasteiger partial charge in [0.05, 0.1) is 18.2 Å². The van der Waals surface area contributed by atoms with Crippen LogP contribution in [-0.2, 0) is 10.9 Å². The van der Waals surface area contributed by atoms with Gasteiger partial charge in [-0.25, -0.2) is 4.79 Å². The van der Waals surface area contributed by atoms with Gasteiger partial charge in [-0.05, 0) is 23.6 Å². The molecule has 1 aromatic rings. The zero-order valence-electron chi connectivity index (χ0n) is 9.76. The summed E-state index contributed by atoms with van der Waals surface area (Å²) in [4.78, 5) is 11.2. The number of carbonyl (C=O) groups is 1. The molecule has 0 aromatic heterocycles. The Morgan fingerprint density at radius 2 is 1.88 bits per heavy atom. The molecule has 0 aliphatic heterocycles. The summed E-state index contributed by atoms with van der Waals surface area (Å²) in [7, 11) is 1.13. The average Bonchev–Trinajstić information content (AvgIpc) is 2.25. The van der Waals surface area contributed by atoms with Crippen LogP contribution in [0.1, 0.15) is 41.3 Å². The maximum absolute atomic E-state index is 12.8. The van der Waals surface area contributed by atoms with Crippen molar-refractivity contribution >= 4 is 5.97 Å². The molecule has 0 fully saturated rings. The lowest BCUT2D eigenvalue weighted by Crippen LogP contribution is -2.12. The van der Waals surface area contributed by atoms with E-state index < -0.39 is 17.7 Å². The molecule has 0 aliphatic carbocycles. The molecule has 0 radical (unpaired) electrons. The molecule has 17 heavy (non-hydrogen) atoms. The highest BCUT2D eigenvalue weighted by molar-refractivity contribution is 5.89. The van der Waals surface area contributed by atoms with Crippen molar-refractivity contribution in [2.24, 2.45) is 0 Å². The van der Waals surface area contributed by atoms with Crippen molar-refractivity contribution in [2.75, 3.05) is 7.11 Å². The Balaban J connectivity index is 3.35. The minimum Gasteiger partial charge on any atom is -0.465 e. The van der Waals surface area contributed by atoms with Crippen LogP contribution >= 0.6 is 0 Å². The van der Waals surface area contributed by atoms with E-state index in [9.17, 15) is 18.0 Å². The Kier molecular flexibility index (Phi) is 3.80. The lowest BCUT2D eigenvalue weighted by molar-refractivity contribution is -0.138. The second-order valence-electron chi connectivity index (χ2n) is 3.95. The Labute approximate surface area is 97.4 Å². The second kappa shape index (κ2) is 4.77. The van der Waals surface area contributed by atoms with E-state index in [1.54, 1.807) is 13.8 Å². The van der Waals surface area contributed by atoms with Gasteiger partial charge in [-0.1, -0.05) is 19.9 Å². The maximum Gasteiger partial charge on any atom is 0.416 e. The van der Waals surface area contributed by atoms with Gasteiger partial charge in [-0.2, -0.15) is 13.2 Å². The molecule has 94 valence electrons. The Morgan fingerprint density at radius 3 is 2.29 bits per heavy atom. The zero-order chi connectivity index (χ0) is 13.2. The molecular weight excluding hydrogens is 233 g/mol. The summed E-state index contributed by atoms with van der Waals surface area (Å²) in [6.07, 6.45) is -4.47. The molecule has 0 unspecified atom stereocenters. The number of methoxy groups -OCH3 is 1. The number of benzene rings is 1. The highest BCUT2D eigenvalue weighted by Gasteiger charge is 2.34. The molecule has 0 N–H and O–H groups in total. The number of rotatable bonds is 2. The van der Waals surface area contributed by atoms with E-state index in [0.29, 0.717) is 0 Å². The van der Waals surface area contributed by atoms with Crippen molar-refractivity contribution in [1.29, 1.82) is 0 Å². The third-order valence-electron chi connectivity index (χ3n) is 2.40. The summed E-state index contributed by atoms with van der Waals surface area (Å²) >= 11 is 0. The lowest BCUT2D eigenvalue weighted by atomic mass is 9.95. The van der Waals surface area contributed by atoms with Crippen molar-refractivity contribution in [3.8, 4) is 0 Å². The molecule has 5 heteroatoms. The highest BCUT2D eigenvalue weighted by Crippen LogP contribution is 2.35. The fourth-order valence-corrected chi connectivity index (χ4v) is 1.55. The average molecular weight is 246 g/mol. The van der Waals surface area contributed by atoms with Gasteiger partial charge >= 0.3 is 12.1 Å². The molecular formula is C12H13F3O2. The largest absolute Gasteiger partial charge is 0.465 e. The molecule has 0 aliphatic rings. The van der Waals surface area contributed by atoms with Crippen molar-refractivity contribution in [1.82, 2.24) is 0 Å². The number of hydrogen-bond acceptors (Lipinski definition) is 2. The van der Waals surface area contributed by atoms with Crippen LogP contribution < -0.4 is 0 Å². The number of ether oxygens (including phenoxy) is 1. The summed E-state index contributed by atoms with van der Waals surface area (Å²) in [5.41, 5.74) is -0.704. The first-order valence-corrected chi connectivity index (χ1v) is 5.06. The van der Waals surface area contributed by atoms with E-state index in [-0.39, 0.29) is 17.0 Å². The SMILES string of the molecule is COC(=O)c1ccc(C(C)C)c(C(F)(F)F)c1. The molecule has 0 heterocycles. The van der Waals surface area contributed by atoms with Gasteiger partial charge in [-0.15, -0.1) is 0 Å². The number of hydrogen-bond donors (Lipinski definition) is 0. The van der Waals surface area contributed by atoms with E-state index in [4.69, 9.17) is 0 Å². The van der Waals surface area contributed by atoms with Crippen molar-refractivity contribution in [3.05, 3.63) is 34.9 Å². The third kappa shape index (κ3) is 2.99. The molecule has 0 saturated carbocycles. The number of halogens is 3. The van der Waals surface area contributed by atoms with Crippen molar-refractivity contribution in [3.63, 3.8) is 0 Å². The number of carbonyl (C=O) groups excluding carboxylic acids is 1. The summed E-state index contributed by atoms with van der Waals surface area (Å²) in [6, 6.07) is 3.50. The zero-order valence-corrected chi connectivity index (χ0v) is 9.76. The topological polar surface area (TPSA) is 26.3 Å². The van der Waals surface area contributed by atoms with E-state index in [2.05, 4.69) is 4.74 Å². The van der Waals surface area contributed by atoms with Gasteiger partial charge in [0.2, 0.25) is 0 Å². The fourth-order valence-electron chi connectivity index (χ4n) is 1.55. The van der Waals surface area contributed by atoms with E-state index in [1.165, 1.54) is 12.1 Å². The maximum atomic E-state index is 12.8. The van der Waals surface area contributed by atoms with Gasteiger partial charge in [-0.3, -0.25) is 0 Å². The monoisotopic (exact) mass is 246 g/mol. The smallest absolute Gasteiger partial charge is 0.416 e. The van der Waals surface area contributed by atoms with E-state index >= 15 is 0 Å². The van der Waals surface area contributed by atoms with E-state index in [1.807, 2.05) is 0 Å². The summed E-state index contributed by atoms with van der Waals surface area (Å²) in [5.74, 6) is -1.04. The standard InChI is InChI=1S/C12H13F3O2/c1-7(2)9-5-4-8(11(16)17-3)6-10(9)12(13,14)15/h4-7H,1-3H3. The Bertz CT molecular complexity index is 422. The third-order valence-corrected chi connectivity index (χ3v) is 2.40.